The van der Waals surface area contributed by atoms with Gasteiger partial charge in [-0.2, -0.15) is 4.98 Å². The third-order valence-electron chi connectivity index (χ3n) is 7.05. The second kappa shape index (κ2) is 11.0. The molecule has 186 valence electrons. The fourth-order valence-electron chi connectivity index (χ4n) is 5.16. The van der Waals surface area contributed by atoms with Crippen LogP contribution in [0, 0.1) is 18.8 Å². The molecule has 6 heteroatoms. The van der Waals surface area contributed by atoms with E-state index in [2.05, 4.69) is 75.8 Å². The molecule has 1 saturated heterocycles. The smallest absolute Gasteiger partial charge is 0.241 e. The van der Waals surface area contributed by atoms with Gasteiger partial charge in [-0.3, -0.25) is 9.69 Å². The predicted molar refractivity (Wildman–Crippen MR) is 142 cm³/mol. The molecule has 0 aliphatic carbocycles. The monoisotopic (exact) mass is 482 g/mol. The first kappa shape index (κ1) is 24.2. The first-order chi connectivity index (χ1) is 17.5. The minimum absolute atomic E-state index is 0.0114. The van der Waals surface area contributed by atoms with Crippen molar-refractivity contribution in [3.8, 4) is 11.4 Å². The van der Waals surface area contributed by atoms with Crippen LogP contribution in [-0.4, -0.2) is 40.6 Å². The zero-order valence-electron chi connectivity index (χ0n) is 21.1. The van der Waals surface area contributed by atoms with E-state index >= 15 is 0 Å². The van der Waals surface area contributed by atoms with E-state index < -0.39 is 0 Å². The van der Waals surface area contributed by atoms with Crippen molar-refractivity contribution in [3.05, 3.63) is 83.7 Å². The van der Waals surface area contributed by atoms with Crippen molar-refractivity contribution in [2.24, 2.45) is 11.8 Å². The number of hydrogen-bond acceptors (Lipinski definition) is 5. The van der Waals surface area contributed by atoms with Crippen LogP contribution >= 0.6 is 0 Å². The van der Waals surface area contributed by atoms with E-state index in [1.54, 1.807) is 0 Å². The Labute approximate surface area is 212 Å². The second-order valence-corrected chi connectivity index (χ2v) is 10.1. The van der Waals surface area contributed by atoms with Crippen LogP contribution in [0.4, 0.5) is 0 Å². The number of likely N-dealkylation sites (tertiary alicyclic amines) is 1. The van der Waals surface area contributed by atoms with Crippen LogP contribution in [0.15, 0.2) is 71.3 Å². The summed E-state index contributed by atoms with van der Waals surface area (Å²) in [6, 6.07) is 23.0. The molecule has 0 radical (unpaired) electrons. The van der Waals surface area contributed by atoms with Crippen LogP contribution in [0.25, 0.3) is 22.2 Å². The van der Waals surface area contributed by atoms with Gasteiger partial charge in [0.15, 0.2) is 0 Å². The average Bonchev–Trinajstić information content (AvgIpc) is 3.36. The van der Waals surface area contributed by atoms with E-state index in [1.165, 1.54) is 16.3 Å². The summed E-state index contributed by atoms with van der Waals surface area (Å²) in [6.45, 7) is 7.15. The maximum absolute atomic E-state index is 13.0. The first-order valence-corrected chi connectivity index (χ1v) is 12.9. The lowest BCUT2D eigenvalue weighted by atomic mass is 9.94. The Balaban J connectivity index is 1.12. The molecule has 2 atom stereocenters. The minimum Gasteiger partial charge on any atom is -0.356 e. The largest absolute Gasteiger partial charge is 0.356 e. The van der Waals surface area contributed by atoms with E-state index in [9.17, 15) is 4.79 Å². The van der Waals surface area contributed by atoms with Gasteiger partial charge in [0.1, 0.15) is 0 Å². The van der Waals surface area contributed by atoms with E-state index in [0.29, 0.717) is 37.3 Å². The first-order valence-electron chi connectivity index (χ1n) is 12.9. The highest BCUT2D eigenvalue weighted by molar-refractivity contribution is 5.85. The third-order valence-corrected chi connectivity index (χ3v) is 7.05. The maximum Gasteiger partial charge on any atom is 0.241 e. The second-order valence-electron chi connectivity index (χ2n) is 10.1. The van der Waals surface area contributed by atoms with Crippen LogP contribution in [0.5, 0.6) is 0 Å². The number of nitrogens with one attached hydrogen (secondary N) is 1. The van der Waals surface area contributed by atoms with Crippen molar-refractivity contribution in [2.45, 2.75) is 39.7 Å². The van der Waals surface area contributed by atoms with Gasteiger partial charge >= 0.3 is 0 Å². The van der Waals surface area contributed by atoms with Crippen molar-refractivity contribution >= 4 is 16.7 Å². The highest BCUT2D eigenvalue weighted by Crippen LogP contribution is 2.23. The topological polar surface area (TPSA) is 71.3 Å². The number of aryl methyl sites for hydroxylation is 1. The number of amides is 1. The maximum atomic E-state index is 13.0. The summed E-state index contributed by atoms with van der Waals surface area (Å²) in [5, 5.41) is 9.94. The lowest BCUT2D eigenvalue weighted by Gasteiger charge is -2.31. The predicted octanol–water partition coefficient (Wildman–Crippen LogP) is 5.41. The lowest BCUT2D eigenvalue weighted by molar-refractivity contribution is -0.127. The number of nitrogens with zero attached hydrogens (tertiary/aromatic N) is 3. The summed E-state index contributed by atoms with van der Waals surface area (Å²) in [4.78, 5) is 19.8. The molecule has 1 fully saturated rings. The molecule has 6 nitrogen and oxygen atoms in total. The van der Waals surface area contributed by atoms with E-state index in [-0.39, 0.29) is 11.8 Å². The number of carbonyl (C=O) groups is 1. The van der Waals surface area contributed by atoms with Crippen LogP contribution in [0.2, 0.25) is 0 Å². The third kappa shape index (κ3) is 5.82. The number of piperidine rings is 1. The van der Waals surface area contributed by atoms with Gasteiger partial charge in [-0.25, -0.2) is 0 Å². The Morgan fingerprint density at radius 1 is 1.14 bits per heavy atom. The van der Waals surface area contributed by atoms with Gasteiger partial charge in [0.05, 0.1) is 12.5 Å². The molecule has 1 amide bonds. The summed E-state index contributed by atoms with van der Waals surface area (Å²) in [5.41, 5.74) is 3.46. The molecule has 1 aromatic heterocycles. The summed E-state index contributed by atoms with van der Waals surface area (Å²) < 4.78 is 5.52. The number of aromatic nitrogens is 2. The van der Waals surface area contributed by atoms with Crippen molar-refractivity contribution in [1.29, 1.82) is 0 Å². The molecule has 2 heterocycles. The van der Waals surface area contributed by atoms with E-state index in [0.717, 1.165) is 36.9 Å². The molecule has 0 spiro atoms. The number of hydrogen-bond donors (Lipinski definition) is 1. The van der Waals surface area contributed by atoms with Gasteiger partial charge in [-0.15, -0.1) is 0 Å². The number of rotatable bonds is 8. The molecule has 1 N–H and O–H groups in total. The Bertz CT molecular complexity index is 1330. The number of carbonyl (C=O) groups excluding carboxylic acids is 1. The number of benzene rings is 3. The molecule has 0 bridgehead atoms. The Hall–Kier alpha value is -3.51. The Morgan fingerprint density at radius 3 is 2.86 bits per heavy atom. The fourth-order valence-corrected chi connectivity index (χ4v) is 5.16. The highest BCUT2D eigenvalue weighted by atomic mass is 16.5. The molecule has 36 heavy (non-hydrogen) atoms. The molecule has 3 aromatic carbocycles. The zero-order valence-corrected chi connectivity index (χ0v) is 21.1. The summed E-state index contributed by atoms with van der Waals surface area (Å²) in [6.07, 6.45) is 2.85. The Kier molecular flexibility index (Phi) is 7.42. The highest BCUT2D eigenvalue weighted by Gasteiger charge is 2.27. The fraction of sp³-hybridized carbons (Fsp3) is 0.367. The molecule has 4 aromatic rings. The SMILES string of the molecule is Cc1cccc(-c2noc(CN3CCCC(C(=O)NCC(C)Cc4cccc5ccccc45)C3)n2)c1. The van der Waals surface area contributed by atoms with Crippen LogP contribution in [-0.2, 0) is 17.8 Å². The van der Waals surface area contributed by atoms with Gasteiger partial charge in [-0.1, -0.05) is 78.3 Å². The summed E-state index contributed by atoms with van der Waals surface area (Å²) in [5.74, 6) is 1.70. The van der Waals surface area contributed by atoms with Crippen molar-refractivity contribution in [2.75, 3.05) is 19.6 Å². The molecular formula is C30H34N4O2. The summed E-state index contributed by atoms with van der Waals surface area (Å²) in [7, 11) is 0. The van der Waals surface area contributed by atoms with Crippen molar-refractivity contribution in [3.63, 3.8) is 0 Å². The van der Waals surface area contributed by atoms with Crippen LogP contribution in [0.1, 0.15) is 36.8 Å². The molecule has 5 rings (SSSR count). The molecule has 2 unspecified atom stereocenters. The van der Waals surface area contributed by atoms with Crippen molar-refractivity contribution < 1.29 is 9.32 Å². The van der Waals surface area contributed by atoms with Gasteiger partial charge in [-0.05, 0) is 61.1 Å². The van der Waals surface area contributed by atoms with Gasteiger partial charge in [0.2, 0.25) is 17.6 Å². The quantitative estimate of drug-likeness (QED) is 0.364. The average molecular weight is 483 g/mol. The molecule has 0 saturated carbocycles. The normalized spacial score (nSPS) is 17.2. The van der Waals surface area contributed by atoms with Crippen LogP contribution < -0.4 is 5.32 Å². The van der Waals surface area contributed by atoms with Gasteiger partial charge in [0.25, 0.3) is 0 Å². The van der Waals surface area contributed by atoms with E-state index in [1.807, 2.05) is 25.1 Å². The van der Waals surface area contributed by atoms with Crippen molar-refractivity contribution in [1.82, 2.24) is 20.4 Å². The van der Waals surface area contributed by atoms with Crippen LogP contribution in [0.3, 0.4) is 0 Å². The number of fused-ring (bicyclic) bond motifs is 1. The molecule has 1 aliphatic rings. The molecule has 1 aliphatic heterocycles. The minimum atomic E-state index is -0.0114. The van der Waals surface area contributed by atoms with E-state index in [4.69, 9.17) is 4.52 Å². The van der Waals surface area contributed by atoms with Gasteiger partial charge in [0, 0.05) is 18.7 Å². The molecular weight excluding hydrogens is 448 g/mol. The zero-order chi connectivity index (χ0) is 24.9. The Morgan fingerprint density at radius 2 is 1.97 bits per heavy atom. The lowest BCUT2D eigenvalue weighted by Crippen LogP contribution is -2.43. The van der Waals surface area contributed by atoms with Gasteiger partial charge < -0.3 is 9.84 Å². The standard InChI is InChI=1S/C30H34N4O2/c1-21-8-5-12-25(16-21)29-32-28(36-33-29)20-34-15-7-13-26(19-34)30(35)31-18-22(2)17-24-11-6-10-23-9-3-4-14-27(23)24/h3-6,8-12,14,16,22,26H,7,13,15,17-20H2,1-2H3,(H,31,35). The summed E-state index contributed by atoms with van der Waals surface area (Å²) >= 11 is 0.